The van der Waals surface area contributed by atoms with E-state index < -0.39 is 0 Å². The number of nitrogens with zero attached hydrogens (tertiary/aromatic N) is 2. The molecule has 0 radical (unpaired) electrons. The molecule has 2 fully saturated rings. The molecule has 0 spiro atoms. The van der Waals surface area contributed by atoms with Crippen molar-refractivity contribution in [2.24, 2.45) is 0 Å². The molecule has 3 rings (SSSR count). The highest BCUT2D eigenvalue weighted by Crippen LogP contribution is 2.23. The van der Waals surface area contributed by atoms with Crippen molar-refractivity contribution >= 4 is 5.91 Å². The molecule has 2 saturated heterocycles. The van der Waals surface area contributed by atoms with Gasteiger partial charge in [0.05, 0.1) is 12.2 Å². The minimum Gasteiger partial charge on any atom is -0.373 e. The van der Waals surface area contributed by atoms with Gasteiger partial charge in [-0.25, -0.2) is 0 Å². The summed E-state index contributed by atoms with van der Waals surface area (Å²) in [7, 11) is 0. The average Bonchev–Trinajstić information content (AvgIpc) is 2.94. The maximum atomic E-state index is 12.8. The average molecular weight is 316 g/mol. The molecular formula is C19H28N2O2. The van der Waals surface area contributed by atoms with Gasteiger partial charge >= 0.3 is 0 Å². The molecule has 1 aromatic rings. The largest absolute Gasteiger partial charge is 0.373 e. The van der Waals surface area contributed by atoms with Crippen LogP contribution in [-0.2, 0) is 4.74 Å². The first-order valence-corrected chi connectivity index (χ1v) is 8.78. The summed E-state index contributed by atoms with van der Waals surface area (Å²) in [5.41, 5.74) is 2.00. The Bertz CT molecular complexity index is 533. The van der Waals surface area contributed by atoms with E-state index in [0.717, 1.165) is 44.6 Å². The van der Waals surface area contributed by atoms with Gasteiger partial charge < -0.3 is 9.64 Å². The zero-order valence-corrected chi connectivity index (χ0v) is 14.5. The van der Waals surface area contributed by atoms with Gasteiger partial charge in [-0.15, -0.1) is 0 Å². The lowest BCUT2D eigenvalue weighted by Gasteiger charge is -2.38. The molecule has 0 N–H and O–H groups in total. The van der Waals surface area contributed by atoms with Crippen LogP contribution in [0.4, 0.5) is 0 Å². The number of rotatable bonds is 3. The van der Waals surface area contributed by atoms with Crippen LogP contribution >= 0.6 is 0 Å². The molecule has 1 aromatic carbocycles. The fraction of sp³-hybridized carbons (Fsp3) is 0.632. The molecular weight excluding hydrogens is 288 g/mol. The summed E-state index contributed by atoms with van der Waals surface area (Å²) in [6.45, 7) is 10.1. The molecule has 1 amide bonds. The lowest BCUT2D eigenvalue weighted by Crippen LogP contribution is -2.50. The molecule has 2 heterocycles. The van der Waals surface area contributed by atoms with Gasteiger partial charge in [-0.05, 0) is 45.7 Å². The number of likely N-dealkylation sites (tertiary alicyclic amines) is 1. The van der Waals surface area contributed by atoms with Crippen LogP contribution in [0.1, 0.15) is 42.6 Å². The van der Waals surface area contributed by atoms with Crippen molar-refractivity contribution in [1.82, 2.24) is 9.80 Å². The molecule has 2 aliphatic heterocycles. The number of amides is 1. The van der Waals surface area contributed by atoms with Crippen molar-refractivity contribution < 1.29 is 9.53 Å². The van der Waals surface area contributed by atoms with Crippen LogP contribution in [0.25, 0.3) is 0 Å². The van der Waals surface area contributed by atoms with Crippen molar-refractivity contribution in [2.45, 2.75) is 51.9 Å². The predicted molar refractivity (Wildman–Crippen MR) is 91.7 cm³/mol. The second kappa shape index (κ2) is 7.02. The van der Waals surface area contributed by atoms with Crippen molar-refractivity contribution in [2.75, 3.05) is 26.2 Å². The van der Waals surface area contributed by atoms with Crippen LogP contribution in [0.3, 0.4) is 0 Å². The van der Waals surface area contributed by atoms with Gasteiger partial charge in [0.15, 0.2) is 0 Å². The van der Waals surface area contributed by atoms with E-state index in [2.05, 4.69) is 23.6 Å². The molecule has 0 saturated carbocycles. The zero-order valence-electron chi connectivity index (χ0n) is 14.5. The molecule has 126 valence electrons. The van der Waals surface area contributed by atoms with E-state index >= 15 is 0 Å². The summed E-state index contributed by atoms with van der Waals surface area (Å²) in [5, 5.41) is 0. The SMILES string of the molecule is Cc1ccc(C(=O)N2CCC[C@@H]2CN2C[C@@H](C)O[C@H](C)C2)cc1. The van der Waals surface area contributed by atoms with Crippen molar-refractivity contribution in [3.05, 3.63) is 35.4 Å². The first-order valence-electron chi connectivity index (χ1n) is 8.78. The quantitative estimate of drug-likeness (QED) is 0.859. The lowest BCUT2D eigenvalue weighted by molar-refractivity contribution is -0.0715. The van der Waals surface area contributed by atoms with Gasteiger partial charge in [-0.2, -0.15) is 0 Å². The standard InChI is InChI=1S/C19H28N2O2/c1-14-6-8-17(9-7-14)19(22)21-10-4-5-18(21)13-20-11-15(2)23-16(3)12-20/h6-9,15-16,18H,4-5,10-13H2,1-3H3/t15-,16-,18-/m1/s1. The van der Waals surface area contributed by atoms with Gasteiger partial charge in [0.2, 0.25) is 0 Å². The molecule has 0 bridgehead atoms. The van der Waals surface area contributed by atoms with Crippen molar-refractivity contribution in [1.29, 1.82) is 0 Å². The normalized spacial score (nSPS) is 29.0. The van der Waals surface area contributed by atoms with Gasteiger partial charge in [-0.3, -0.25) is 9.69 Å². The number of ether oxygens (including phenoxy) is 1. The van der Waals surface area contributed by atoms with Gasteiger partial charge in [-0.1, -0.05) is 17.7 Å². The van der Waals surface area contributed by atoms with E-state index in [-0.39, 0.29) is 18.1 Å². The first-order chi connectivity index (χ1) is 11.0. The Balaban J connectivity index is 1.65. The van der Waals surface area contributed by atoms with E-state index in [0.29, 0.717) is 6.04 Å². The van der Waals surface area contributed by atoms with Gasteiger partial charge in [0.25, 0.3) is 5.91 Å². The Labute approximate surface area is 139 Å². The van der Waals surface area contributed by atoms with E-state index in [1.165, 1.54) is 5.56 Å². The summed E-state index contributed by atoms with van der Waals surface area (Å²) in [5.74, 6) is 0.182. The first kappa shape index (κ1) is 16.5. The van der Waals surface area contributed by atoms with E-state index in [4.69, 9.17) is 4.74 Å². The summed E-state index contributed by atoms with van der Waals surface area (Å²) < 4.78 is 5.81. The van der Waals surface area contributed by atoms with Crippen LogP contribution in [0.15, 0.2) is 24.3 Å². The monoisotopic (exact) mass is 316 g/mol. The van der Waals surface area contributed by atoms with Crippen LogP contribution in [0, 0.1) is 6.92 Å². The minimum absolute atomic E-state index is 0.182. The van der Waals surface area contributed by atoms with Crippen LogP contribution in [0.2, 0.25) is 0 Å². The van der Waals surface area contributed by atoms with Crippen LogP contribution < -0.4 is 0 Å². The topological polar surface area (TPSA) is 32.8 Å². The van der Waals surface area contributed by atoms with Gasteiger partial charge in [0, 0.05) is 37.8 Å². The second-order valence-corrected chi connectivity index (χ2v) is 7.14. The smallest absolute Gasteiger partial charge is 0.254 e. The molecule has 23 heavy (non-hydrogen) atoms. The third-order valence-corrected chi connectivity index (χ3v) is 4.90. The zero-order chi connectivity index (χ0) is 16.4. The second-order valence-electron chi connectivity index (χ2n) is 7.14. The Morgan fingerprint density at radius 3 is 2.48 bits per heavy atom. The van der Waals surface area contributed by atoms with E-state index in [1.54, 1.807) is 0 Å². The maximum absolute atomic E-state index is 12.8. The number of aryl methyl sites for hydroxylation is 1. The van der Waals surface area contributed by atoms with E-state index in [9.17, 15) is 4.79 Å². The lowest BCUT2D eigenvalue weighted by atomic mass is 10.1. The number of hydrogen-bond acceptors (Lipinski definition) is 3. The van der Waals surface area contributed by atoms with Crippen molar-refractivity contribution in [3.8, 4) is 0 Å². The van der Waals surface area contributed by atoms with Crippen LogP contribution in [-0.4, -0.2) is 60.1 Å². The molecule has 0 aliphatic carbocycles. The van der Waals surface area contributed by atoms with Crippen molar-refractivity contribution in [3.63, 3.8) is 0 Å². The van der Waals surface area contributed by atoms with Crippen LogP contribution in [0.5, 0.6) is 0 Å². The number of benzene rings is 1. The highest BCUT2D eigenvalue weighted by molar-refractivity contribution is 5.94. The Morgan fingerprint density at radius 1 is 1.17 bits per heavy atom. The number of hydrogen-bond donors (Lipinski definition) is 0. The summed E-state index contributed by atoms with van der Waals surface area (Å²) in [6, 6.07) is 8.27. The summed E-state index contributed by atoms with van der Waals surface area (Å²) in [6.07, 6.45) is 2.78. The highest BCUT2D eigenvalue weighted by atomic mass is 16.5. The summed E-state index contributed by atoms with van der Waals surface area (Å²) in [4.78, 5) is 17.4. The van der Waals surface area contributed by atoms with Gasteiger partial charge in [0.1, 0.15) is 0 Å². The minimum atomic E-state index is 0.182. The number of morpholine rings is 1. The number of carbonyl (C=O) groups excluding carboxylic acids is 1. The fourth-order valence-corrected chi connectivity index (χ4v) is 3.89. The molecule has 4 nitrogen and oxygen atoms in total. The molecule has 0 unspecified atom stereocenters. The Morgan fingerprint density at radius 2 is 1.83 bits per heavy atom. The highest BCUT2D eigenvalue weighted by Gasteiger charge is 2.32. The third-order valence-electron chi connectivity index (χ3n) is 4.90. The molecule has 2 aliphatic rings. The Kier molecular flexibility index (Phi) is 5.02. The third kappa shape index (κ3) is 3.93. The van der Waals surface area contributed by atoms with E-state index in [1.807, 2.05) is 31.2 Å². The molecule has 4 heteroatoms. The predicted octanol–water partition coefficient (Wildman–Crippen LogP) is 2.71. The maximum Gasteiger partial charge on any atom is 0.254 e. The summed E-state index contributed by atoms with van der Waals surface area (Å²) >= 11 is 0. The Hall–Kier alpha value is -1.39. The molecule has 0 aromatic heterocycles. The fourth-order valence-electron chi connectivity index (χ4n) is 3.89. The number of carbonyl (C=O) groups is 1. The molecule has 3 atom stereocenters.